The molecular weight excluding hydrogens is 345 g/mol. The summed E-state index contributed by atoms with van der Waals surface area (Å²) in [6.07, 6.45) is 0. The van der Waals surface area contributed by atoms with Gasteiger partial charge in [0, 0.05) is 11.9 Å². The molecule has 2 aromatic carbocycles. The van der Waals surface area contributed by atoms with E-state index >= 15 is 0 Å². The van der Waals surface area contributed by atoms with E-state index in [1.807, 2.05) is 26.0 Å². The van der Waals surface area contributed by atoms with Crippen LogP contribution < -0.4 is 5.84 Å². The summed E-state index contributed by atoms with van der Waals surface area (Å²) in [5.41, 5.74) is 5.53. The van der Waals surface area contributed by atoms with Crippen LogP contribution in [0, 0.1) is 19.7 Å². The number of halogens is 1. The highest BCUT2D eigenvalue weighted by Gasteiger charge is 2.19. The second-order valence-electron chi connectivity index (χ2n) is 6.75. The molecule has 0 saturated carbocycles. The fraction of sp³-hybridized carbons (Fsp3) is 0.250. The molecule has 0 bridgehead atoms. The topological polar surface area (TPSA) is 77.0 Å². The third-order valence-corrected chi connectivity index (χ3v) is 4.98. The Morgan fingerprint density at radius 1 is 1.15 bits per heavy atom. The van der Waals surface area contributed by atoms with E-state index in [-0.39, 0.29) is 18.3 Å². The Labute approximate surface area is 155 Å². The second kappa shape index (κ2) is 6.28. The van der Waals surface area contributed by atoms with Crippen molar-refractivity contribution in [3.05, 3.63) is 47.3 Å². The van der Waals surface area contributed by atoms with E-state index in [1.54, 1.807) is 17.6 Å². The van der Waals surface area contributed by atoms with E-state index in [0.717, 1.165) is 27.2 Å². The average molecular weight is 365 g/mol. The molecule has 2 heterocycles. The van der Waals surface area contributed by atoms with E-state index in [9.17, 15) is 9.18 Å². The van der Waals surface area contributed by atoms with Crippen LogP contribution in [0.1, 0.15) is 18.1 Å². The van der Waals surface area contributed by atoms with Crippen molar-refractivity contribution in [1.29, 1.82) is 0 Å². The number of aryl methyl sites for hydroxylation is 2. The summed E-state index contributed by atoms with van der Waals surface area (Å²) in [5.74, 6) is 5.14. The second-order valence-corrected chi connectivity index (χ2v) is 6.75. The quantitative estimate of drug-likeness (QED) is 0.344. The van der Waals surface area contributed by atoms with Gasteiger partial charge >= 0.3 is 0 Å². The number of hydrogen-bond acceptors (Lipinski definition) is 4. The Hall–Kier alpha value is -3.06. The highest BCUT2D eigenvalue weighted by atomic mass is 19.1. The molecule has 4 aromatic rings. The first-order valence-corrected chi connectivity index (χ1v) is 8.80. The normalized spacial score (nSPS) is 11.6. The van der Waals surface area contributed by atoms with Crippen molar-refractivity contribution in [3.8, 4) is 0 Å². The van der Waals surface area contributed by atoms with Crippen molar-refractivity contribution in [3.63, 3.8) is 0 Å². The maximum atomic E-state index is 13.9. The van der Waals surface area contributed by atoms with Crippen LogP contribution in [-0.4, -0.2) is 32.0 Å². The zero-order chi connectivity index (χ0) is 19.3. The van der Waals surface area contributed by atoms with Gasteiger partial charge in [0.1, 0.15) is 17.9 Å². The summed E-state index contributed by atoms with van der Waals surface area (Å²) in [6.45, 7) is 6.25. The van der Waals surface area contributed by atoms with Crippen molar-refractivity contribution >= 4 is 39.0 Å². The van der Waals surface area contributed by atoms with Crippen molar-refractivity contribution < 1.29 is 9.18 Å². The summed E-state index contributed by atoms with van der Waals surface area (Å²) in [5, 5.41) is 1.79. The van der Waals surface area contributed by atoms with Gasteiger partial charge in [-0.25, -0.2) is 20.2 Å². The first kappa shape index (κ1) is 17.4. The van der Waals surface area contributed by atoms with Gasteiger partial charge in [0.25, 0.3) is 5.91 Å². The first-order valence-electron chi connectivity index (χ1n) is 8.80. The van der Waals surface area contributed by atoms with E-state index in [4.69, 9.17) is 15.8 Å². The number of fused-ring (bicyclic) bond motifs is 4. The number of hydrazine groups is 1. The van der Waals surface area contributed by atoms with Crippen LogP contribution >= 0.6 is 0 Å². The molecule has 0 radical (unpaired) electrons. The highest BCUT2D eigenvalue weighted by Crippen LogP contribution is 2.29. The zero-order valence-electron chi connectivity index (χ0n) is 15.5. The van der Waals surface area contributed by atoms with Gasteiger partial charge in [0.05, 0.1) is 16.6 Å². The minimum Gasteiger partial charge on any atom is -0.314 e. The molecule has 138 valence electrons. The molecule has 1 amide bonds. The SMILES string of the molecule is CCN(N)C(=O)Cn1c2ccc(F)cc2c2nc3cc(C)c(C)cc3nc21. The number of rotatable bonds is 3. The van der Waals surface area contributed by atoms with Crippen LogP contribution in [0.2, 0.25) is 0 Å². The molecule has 7 heteroatoms. The molecule has 0 aliphatic carbocycles. The fourth-order valence-corrected chi connectivity index (χ4v) is 3.28. The maximum absolute atomic E-state index is 13.9. The lowest BCUT2D eigenvalue weighted by Crippen LogP contribution is -2.39. The molecule has 27 heavy (non-hydrogen) atoms. The highest BCUT2D eigenvalue weighted by molar-refractivity contribution is 6.07. The van der Waals surface area contributed by atoms with Gasteiger partial charge in [-0.05, 0) is 62.2 Å². The Kier molecular flexibility index (Phi) is 4.04. The number of aromatic nitrogens is 3. The van der Waals surface area contributed by atoms with E-state index in [2.05, 4.69) is 0 Å². The van der Waals surface area contributed by atoms with E-state index in [0.29, 0.717) is 28.6 Å². The molecule has 4 rings (SSSR count). The standard InChI is InChI=1S/C20H20FN5O/c1-4-26(22)18(27)10-25-17-6-5-13(21)9-14(17)19-20(25)24-16-8-12(3)11(2)7-15(16)23-19/h5-9H,4,10,22H2,1-3H3. The largest absolute Gasteiger partial charge is 0.314 e. The molecule has 0 unspecified atom stereocenters. The Balaban J connectivity index is 2.05. The Bertz CT molecular complexity index is 1210. The average Bonchev–Trinajstić information content (AvgIpc) is 2.92. The monoisotopic (exact) mass is 365 g/mol. The minimum atomic E-state index is -0.358. The summed E-state index contributed by atoms with van der Waals surface area (Å²) < 4.78 is 15.7. The zero-order valence-corrected chi connectivity index (χ0v) is 15.5. The Morgan fingerprint density at radius 3 is 2.48 bits per heavy atom. The van der Waals surface area contributed by atoms with Crippen LogP contribution in [0.25, 0.3) is 33.1 Å². The number of hydrogen-bond donors (Lipinski definition) is 1. The number of amides is 1. The number of carbonyl (C=O) groups is 1. The maximum Gasteiger partial charge on any atom is 0.256 e. The lowest BCUT2D eigenvalue weighted by atomic mass is 10.1. The number of likely N-dealkylation sites (N-methyl/N-ethyl adjacent to an activating group) is 1. The smallest absolute Gasteiger partial charge is 0.256 e. The third kappa shape index (κ3) is 2.80. The molecule has 0 fully saturated rings. The molecule has 6 nitrogen and oxygen atoms in total. The molecule has 0 spiro atoms. The van der Waals surface area contributed by atoms with Crippen molar-refractivity contribution in [1.82, 2.24) is 19.5 Å². The van der Waals surface area contributed by atoms with Gasteiger partial charge in [-0.1, -0.05) is 0 Å². The van der Waals surface area contributed by atoms with Crippen molar-refractivity contribution in [2.24, 2.45) is 5.84 Å². The van der Waals surface area contributed by atoms with Gasteiger partial charge in [0.15, 0.2) is 5.65 Å². The number of benzene rings is 2. The predicted octanol–water partition coefficient (Wildman–Crippen LogP) is 3.22. The van der Waals surface area contributed by atoms with Crippen LogP contribution in [-0.2, 0) is 11.3 Å². The minimum absolute atomic E-state index is 0.0149. The lowest BCUT2D eigenvalue weighted by Gasteiger charge is -2.15. The molecular formula is C20H20FN5O. The number of carbonyl (C=O) groups excluding carboxylic acids is 1. The summed E-state index contributed by atoms with van der Waals surface area (Å²) >= 11 is 0. The summed E-state index contributed by atoms with van der Waals surface area (Å²) in [6, 6.07) is 8.40. The summed E-state index contributed by atoms with van der Waals surface area (Å²) in [4.78, 5) is 21.9. The number of nitrogens with two attached hydrogens (primary N) is 1. The number of nitrogens with zero attached hydrogens (tertiary/aromatic N) is 4. The van der Waals surface area contributed by atoms with Gasteiger partial charge in [-0.3, -0.25) is 9.80 Å². The van der Waals surface area contributed by atoms with Crippen LogP contribution in [0.4, 0.5) is 4.39 Å². The molecule has 2 aromatic heterocycles. The van der Waals surface area contributed by atoms with Crippen molar-refractivity contribution in [2.45, 2.75) is 27.3 Å². The van der Waals surface area contributed by atoms with Gasteiger partial charge in [-0.2, -0.15) is 0 Å². The van der Waals surface area contributed by atoms with Gasteiger partial charge in [0.2, 0.25) is 0 Å². The van der Waals surface area contributed by atoms with Crippen molar-refractivity contribution in [2.75, 3.05) is 6.54 Å². The summed E-state index contributed by atoms with van der Waals surface area (Å²) in [7, 11) is 0. The third-order valence-electron chi connectivity index (χ3n) is 4.98. The van der Waals surface area contributed by atoms with Crippen LogP contribution in [0.3, 0.4) is 0 Å². The molecule has 0 saturated heterocycles. The molecule has 0 aliphatic heterocycles. The van der Waals surface area contributed by atoms with E-state index in [1.165, 1.54) is 12.1 Å². The molecule has 0 atom stereocenters. The fourth-order valence-electron chi connectivity index (χ4n) is 3.28. The Morgan fingerprint density at radius 2 is 1.81 bits per heavy atom. The van der Waals surface area contributed by atoms with Crippen LogP contribution in [0.5, 0.6) is 0 Å². The lowest BCUT2D eigenvalue weighted by molar-refractivity contribution is -0.131. The van der Waals surface area contributed by atoms with Gasteiger partial charge in [-0.15, -0.1) is 0 Å². The predicted molar refractivity (Wildman–Crippen MR) is 104 cm³/mol. The first-order chi connectivity index (χ1) is 12.9. The van der Waals surface area contributed by atoms with Crippen LogP contribution in [0.15, 0.2) is 30.3 Å². The molecule has 2 N–H and O–H groups in total. The molecule has 0 aliphatic rings. The van der Waals surface area contributed by atoms with E-state index < -0.39 is 0 Å². The van der Waals surface area contributed by atoms with Gasteiger partial charge < -0.3 is 4.57 Å².